The fraction of sp³-hybridized carbons (Fsp3) is 0.800. The monoisotopic (exact) mass is 165 g/mol. The summed E-state index contributed by atoms with van der Waals surface area (Å²) in [6, 6.07) is 0. The van der Waals surface area contributed by atoms with Gasteiger partial charge in [0.05, 0.1) is 11.2 Å². The molecule has 0 saturated carbocycles. The van der Waals surface area contributed by atoms with Gasteiger partial charge < -0.3 is 5.73 Å². The van der Waals surface area contributed by atoms with Crippen LogP contribution in [0.5, 0.6) is 0 Å². The van der Waals surface area contributed by atoms with Crippen molar-refractivity contribution in [3.8, 4) is 0 Å². The number of rotatable bonds is 3. The summed E-state index contributed by atoms with van der Waals surface area (Å²) in [5.74, 6) is -0.774. The molecule has 0 aromatic heterocycles. The van der Waals surface area contributed by atoms with Crippen LogP contribution >= 0.6 is 0 Å². The highest BCUT2D eigenvalue weighted by atomic mass is 32.2. The van der Waals surface area contributed by atoms with Crippen LogP contribution in [0.3, 0.4) is 0 Å². The number of thiol groups is 1. The van der Waals surface area contributed by atoms with Gasteiger partial charge in [0.25, 0.3) is 0 Å². The van der Waals surface area contributed by atoms with E-state index in [1.165, 1.54) is 13.8 Å². The summed E-state index contributed by atoms with van der Waals surface area (Å²) < 4.78 is 20.3. The quantitative estimate of drug-likeness (QED) is 0.532. The lowest BCUT2D eigenvalue weighted by Gasteiger charge is -2.15. The number of hydrogen-bond donors (Lipinski definition) is 2. The van der Waals surface area contributed by atoms with Gasteiger partial charge in [-0.15, -0.1) is 0 Å². The predicted octanol–water partition coefficient (Wildman–Crippen LogP) is -0.891. The number of amides is 1. The van der Waals surface area contributed by atoms with E-state index in [2.05, 4.69) is 0 Å². The Bertz CT molecular complexity index is 199. The molecule has 0 aliphatic carbocycles. The standard InChI is InChI=1S/C5H11NO3S/c1-5(2,4(6)7)3-10(8)9/h10H,3H2,1-2H3,(H2,6,7). The van der Waals surface area contributed by atoms with Crippen molar-refractivity contribution in [1.82, 2.24) is 0 Å². The Balaban J connectivity index is 4.27. The molecule has 0 aromatic carbocycles. The van der Waals surface area contributed by atoms with E-state index in [4.69, 9.17) is 5.73 Å². The van der Waals surface area contributed by atoms with Crippen molar-refractivity contribution in [3.63, 3.8) is 0 Å². The Morgan fingerprint density at radius 2 is 1.90 bits per heavy atom. The summed E-state index contributed by atoms with van der Waals surface area (Å²) in [5.41, 5.74) is 3.98. The van der Waals surface area contributed by atoms with E-state index in [9.17, 15) is 13.2 Å². The Morgan fingerprint density at radius 1 is 1.50 bits per heavy atom. The molecule has 0 saturated heterocycles. The highest BCUT2D eigenvalue weighted by Gasteiger charge is 2.25. The molecule has 0 aromatic rings. The summed E-state index contributed by atoms with van der Waals surface area (Å²) in [6.07, 6.45) is 0. The Kier molecular flexibility index (Phi) is 2.83. The van der Waals surface area contributed by atoms with Crippen molar-refractivity contribution in [3.05, 3.63) is 0 Å². The van der Waals surface area contributed by atoms with Gasteiger partial charge in [0.2, 0.25) is 5.91 Å². The van der Waals surface area contributed by atoms with E-state index in [0.29, 0.717) is 0 Å². The van der Waals surface area contributed by atoms with Crippen molar-refractivity contribution in [2.24, 2.45) is 11.1 Å². The van der Waals surface area contributed by atoms with Gasteiger partial charge >= 0.3 is 0 Å². The molecule has 10 heavy (non-hydrogen) atoms. The highest BCUT2D eigenvalue weighted by molar-refractivity contribution is 7.72. The molecule has 4 nitrogen and oxygen atoms in total. The average Bonchev–Trinajstić information content (AvgIpc) is 1.60. The Morgan fingerprint density at radius 3 is 2.00 bits per heavy atom. The third kappa shape index (κ3) is 2.82. The van der Waals surface area contributed by atoms with Crippen LogP contribution in [0.1, 0.15) is 13.8 Å². The third-order valence-electron chi connectivity index (χ3n) is 1.19. The summed E-state index contributed by atoms with van der Waals surface area (Å²) in [5, 5.41) is 0. The van der Waals surface area contributed by atoms with Crippen LogP contribution < -0.4 is 5.73 Å². The molecule has 0 atom stereocenters. The first-order valence-electron chi connectivity index (χ1n) is 2.78. The number of hydrogen-bond acceptors (Lipinski definition) is 3. The van der Waals surface area contributed by atoms with Gasteiger partial charge in [-0.3, -0.25) is 4.79 Å². The van der Waals surface area contributed by atoms with Crippen LogP contribution in [0.15, 0.2) is 0 Å². The lowest BCUT2D eigenvalue weighted by atomic mass is 9.96. The zero-order valence-electron chi connectivity index (χ0n) is 5.96. The molecule has 0 aliphatic heterocycles. The van der Waals surface area contributed by atoms with Gasteiger partial charge in [0, 0.05) is 0 Å². The van der Waals surface area contributed by atoms with Gasteiger partial charge in [-0.2, -0.15) is 0 Å². The van der Waals surface area contributed by atoms with E-state index in [1.807, 2.05) is 0 Å². The third-order valence-corrected chi connectivity index (χ3v) is 2.24. The molecule has 0 spiro atoms. The van der Waals surface area contributed by atoms with Crippen molar-refractivity contribution >= 4 is 16.6 Å². The van der Waals surface area contributed by atoms with E-state index in [0.717, 1.165) is 0 Å². The normalized spacial score (nSPS) is 11.9. The second-order valence-corrected chi connectivity index (χ2v) is 3.72. The number of nitrogens with two attached hydrogens (primary N) is 1. The Labute approximate surface area is 61.4 Å². The molecule has 0 rings (SSSR count). The van der Waals surface area contributed by atoms with Crippen LogP contribution in [0, 0.1) is 5.41 Å². The summed E-state index contributed by atoms with van der Waals surface area (Å²) in [6.45, 7) is 3.00. The van der Waals surface area contributed by atoms with E-state index >= 15 is 0 Å². The first-order valence-corrected chi connectivity index (χ1v) is 4.14. The zero-order valence-corrected chi connectivity index (χ0v) is 6.85. The van der Waals surface area contributed by atoms with Crippen LogP contribution in [-0.4, -0.2) is 20.1 Å². The average molecular weight is 165 g/mol. The first kappa shape index (κ1) is 9.42. The number of carbonyl (C=O) groups excluding carboxylic acids is 1. The molecule has 0 heterocycles. The minimum Gasteiger partial charge on any atom is -0.369 e. The van der Waals surface area contributed by atoms with Crippen LogP contribution in [0.2, 0.25) is 0 Å². The maximum absolute atomic E-state index is 10.5. The van der Waals surface area contributed by atoms with Crippen molar-refractivity contribution in [2.45, 2.75) is 13.8 Å². The van der Waals surface area contributed by atoms with Gasteiger partial charge in [-0.05, 0) is 0 Å². The molecule has 0 radical (unpaired) electrons. The summed E-state index contributed by atoms with van der Waals surface area (Å²) in [4.78, 5) is 10.5. The molecule has 0 aliphatic rings. The lowest BCUT2D eigenvalue weighted by Crippen LogP contribution is -2.35. The lowest BCUT2D eigenvalue weighted by molar-refractivity contribution is -0.124. The van der Waals surface area contributed by atoms with Crippen molar-refractivity contribution in [2.75, 3.05) is 5.75 Å². The molecule has 5 heteroatoms. The molecule has 60 valence electrons. The fourth-order valence-electron chi connectivity index (χ4n) is 0.401. The highest BCUT2D eigenvalue weighted by Crippen LogP contribution is 2.13. The van der Waals surface area contributed by atoms with Gasteiger partial charge in [-0.25, -0.2) is 8.42 Å². The van der Waals surface area contributed by atoms with E-state index < -0.39 is 22.0 Å². The topological polar surface area (TPSA) is 77.2 Å². The van der Waals surface area contributed by atoms with Crippen LogP contribution in [-0.2, 0) is 15.5 Å². The van der Waals surface area contributed by atoms with E-state index in [1.54, 1.807) is 0 Å². The van der Waals surface area contributed by atoms with Gasteiger partial charge in [-0.1, -0.05) is 13.8 Å². The number of carbonyl (C=O) groups is 1. The molecule has 2 N–H and O–H groups in total. The minimum absolute atomic E-state index is 0.183. The van der Waals surface area contributed by atoms with Crippen molar-refractivity contribution in [1.29, 1.82) is 0 Å². The predicted molar refractivity (Wildman–Crippen MR) is 38.2 cm³/mol. The molecule has 1 amide bonds. The number of primary amides is 1. The molecular weight excluding hydrogens is 154 g/mol. The van der Waals surface area contributed by atoms with E-state index in [-0.39, 0.29) is 5.75 Å². The van der Waals surface area contributed by atoms with Crippen LogP contribution in [0.4, 0.5) is 0 Å². The SMILES string of the molecule is CC(C)(C[SH](=O)=O)C(N)=O. The fourth-order valence-corrected chi connectivity index (χ4v) is 1.20. The molecule has 0 fully saturated rings. The molecular formula is C5H11NO3S. The maximum atomic E-state index is 10.5. The zero-order chi connectivity index (χ0) is 8.36. The first-order chi connectivity index (χ1) is 4.36. The van der Waals surface area contributed by atoms with Crippen LogP contribution in [0.25, 0.3) is 0 Å². The van der Waals surface area contributed by atoms with Gasteiger partial charge in [0.15, 0.2) is 0 Å². The van der Waals surface area contributed by atoms with Gasteiger partial charge in [0.1, 0.15) is 10.7 Å². The smallest absolute Gasteiger partial charge is 0.224 e. The molecule has 0 unspecified atom stereocenters. The maximum Gasteiger partial charge on any atom is 0.224 e. The Hall–Kier alpha value is -0.580. The second-order valence-electron chi connectivity index (χ2n) is 2.74. The minimum atomic E-state index is -2.52. The summed E-state index contributed by atoms with van der Waals surface area (Å²) >= 11 is 0. The molecule has 0 bridgehead atoms. The van der Waals surface area contributed by atoms with Crippen molar-refractivity contribution < 1.29 is 13.2 Å². The summed E-state index contributed by atoms with van der Waals surface area (Å²) in [7, 11) is -2.52. The largest absolute Gasteiger partial charge is 0.369 e. The second kappa shape index (κ2) is 3.01.